The van der Waals surface area contributed by atoms with Crippen molar-refractivity contribution in [2.45, 2.75) is 24.4 Å². The number of thiophene rings is 1. The number of carbonyl (C=O) groups excluding carboxylic acids is 1. The Morgan fingerprint density at radius 2 is 1.73 bits per heavy atom. The van der Waals surface area contributed by atoms with Gasteiger partial charge in [0.1, 0.15) is 4.91 Å². The SMILES string of the molecule is Cc1ccc(S(=O)(=O)C2=C(O)C(=O)N(Cc3cccs3)[C@H]2c2ccc(Cl)cc2)cc1. The van der Waals surface area contributed by atoms with Gasteiger partial charge in [-0.2, -0.15) is 0 Å². The molecule has 1 amide bonds. The van der Waals surface area contributed by atoms with Gasteiger partial charge in [-0.3, -0.25) is 4.79 Å². The Morgan fingerprint density at radius 1 is 1.07 bits per heavy atom. The lowest BCUT2D eigenvalue weighted by atomic mass is 10.1. The normalized spacial score (nSPS) is 17.1. The molecule has 3 aromatic rings. The van der Waals surface area contributed by atoms with E-state index in [9.17, 15) is 18.3 Å². The monoisotopic (exact) mass is 459 g/mol. The molecule has 2 aromatic carbocycles. The molecule has 0 unspecified atom stereocenters. The van der Waals surface area contributed by atoms with Crippen molar-refractivity contribution >= 4 is 38.7 Å². The van der Waals surface area contributed by atoms with E-state index < -0.39 is 27.5 Å². The maximum atomic E-state index is 13.5. The number of benzene rings is 2. The van der Waals surface area contributed by atoms with Crippen LogP contribution in [0.4, 0.5) is 0 Å². The number of sulfone groups is 1. The Labute approximate surface area is 183 Å². The number of amides is 1. The standard InChI is InChI=1S/C22H18ClNO4S2/c1-14-4-10-18(11-5-14)30(27,28)21-19(15-6-8-16(23)9-7-15)24(22(26)20(21)25)13-17-3-2-12-29-17/h2-12,19,25H,13H2,1H3/t19-/m0/s1. The van der Waals surface area contributed by atoms with Crippen LogP contribution in [0.5, 0.6) is 0 Å². The van der Waals surface area contributed by atoms with E-state index in [1.807, 2.05) is 24.4 Å². The molecule has 154 valence electrons. The second-order valence-corrected chi connectivity index (χ2v) is 10.4. The van der Waals surface area contributed by atoms with Crippen molar-refractivity contribution in [3.8, 4) is 0 Å². The summed E-state index contributed by atoms with van der Waals surface area (Å²) < 4.78 is 27.0. The minimum absolute atomic E-state index is 0.0272. The summed E-state index contributed by atoms with van der Waals surface area (Å²) in [6.07, 6.45) is 0. The molecule has 4 rings (SSSR count). The Kier molecular flexibility index (Phi) is 5.44. The first kappa shape index (κ1) is 20.7. The molecule has 1 aromatic heterocycles. The highest BCUT2D eigenvalue weighted by Crippen LogP contribution is 2.43. The lowest BCUT2D eigenvalue weighted by Gasteiger charge is -2.26. The summed E-state index contributed by atoms with van der Waals surface area (Å²) in [6, 6.07) is 15.7. The lowest BCUT2D eigenvalue weighted by molar-refractivity contribution is -0.130. The van der Waals surface area contributed by atoms with E-state index in [-0.39, 0.29) is 16.3 Å². The average molecular weight is 460 g/mol. The lowest BCUT2D eigenvalue weighted by Crippen LogP contribution is -2.30. The van der Waals surface area contributed by atoms with Crippen molar-refractivity contribution in [2.24, 2.45) is 0 Å². The van der Waals surface area contributed by atoms with Crippen LogP contribution in [-0.4, -0.2) is 24.3 Å². The van der Waals surface area contributed by atoms with E-state index in [4.69, 9.17) is 11.6 Å². The molecular weight excluding hydrogens is 442 g/mol. The van der Waals surface area contributed by atoms with Gasteiger partial charge in [0.25, 0.3) is 5.91 Å². The van der Waals surface area contributed by atoms with Crippen LogP contribution in [0.3, 0.4) is 0 Å². The van der Waals surface area contributed by atoms with Crippen LogP contribution in [-0.2, 0) is 21.2 Å². The molecule has 1 aliphatic heterocycles. The van der Waals surface area contributed by atoms with Gasteiger partial charge < -0.3 is 10.0 Å². The van der Waals surface area contributed by atoms with Crippen molar-refractivity contribution in [1.82, 2.24) is 4.90 Å². The fraction of sp³-hybridized carbons (Fsp3) is 0.136. The van der Waals surface area contributed by atoms with Crippen LogP contribution in [0, 0.1) is 6.92 Å². The van der Waals surface area contributed by atoms with Crippen LogP contribution < -0.4 is 0 Å². The van der Waals surface area contributed by atoms with Crippen LogP contribution in [0.25, 0.3) is 0 Å². The quantitative estimate of drug-likeness (QED) is 0.580. The molecule has 30 heavy (non-hydrogen) atoms. The Bertz CT molecular complexity index is 1220. The van der Waals surface area contributed by atoms with Crippen molar-refractivity contribution in [3.63, 3.8) is 0 Å². The molecule has 0 saturated heterocycles. The number of halogens is 1. The number of aliphatic hydroxyl groups is 1. The smallest absolute Gasteiger partial charge is 0.290 e. The first-order valence-corrected chi connectivity index (χ1v) is 11.9. The zero-order valence-electron chi connectivity index (χ0n) is 15.9. The fourth-order valence-corrected chi connectivity index (χ4v) is 5.93. The van der Waals surface area contributed by atoms with Crippen molar-refractivity contribution in [3.05, 3.63) is 97.7 Å². The predicted molar refractivity (Wildman–Crippen MR) is 117 cm³/mol. The molecule has 0 radical (unpaired) electrons. The third-order valence-corrected chi connectivity index (χ3v) is 7.97. The second kappa shape index (κ2) is 7.91. The number of hydrogen-bond donors (Lipinski definition) is 1. The maximum absolute atomic E-state index is 13.5. The molecule has 2 heterocycles. The van der Waals surface area contributed by atoms with Crippen molar-refractivity contribution in [1.29, 1.82) is 0 Å². The largest absolute Gasteiger partial charge is 0.502 e. The third-order valence-electron chi connectivity index (χ3n) is 4.97. The van der Waals surface area contributed by atoms with E-state index in [1.54, 1.807) is 36.4 Å². The zero-order valence-corrected chi connectivity index (χ0v) is 18.3. The first-order chi connectivity index (χ1) is 14.3. The minimum Gasteiger partial charge on any atom is -0.502 e. The molecule has 1 atom stereocenters. The van der Waals surface area contributed by atoms with Gasteiger partial charge in [0.15, 0.2) is 5.76 Å². The number of nitrogens with zero attached hydrogens (tertiary/aromatic N) is 1. The molecule has 0 spiro atoms. The van der Waals surface area contributed by atoms with Crippen molar-refractivity contribution in [2.75, 3.05) is 0 Å². The van der Waals surface area contributed by atoms with E-state index in [0.717, 1.165) is 10.4 Å². The molecule has 0 fully saturated rings. The van der Waals surface area contributed by atoms with Crippen molar-refractivity contribution < 1.29 is 18.3 Å². The van der Waals surface area contributed by atoms with Crippen LogP contribution in [0.1, 0.15) is 22.0 Å². The number of aliphatic hydroxyl groups excluding tert-OH is 1. The van der Waals surface area contributed by atoms with Gasteiger partial charge in [-0.1, -0.05) is 47.5 Å². The molecule has 5 nitrogen and oxygen atoms in total. The van der Waals surface area contributed by atoms with Gasteiger partial charge in [-0.15, -0.1) is 11.3 Å². The predicted octanol–water partition coefficient (Wildman–Crippen LogP) is 5.04. The Balaban J connectivity index is 1.86. The average Bonchev–Trinajstić information content (AvgIpc) is 3.31. The molecule has 1 N–H and O–H groups in total. The van der Waals surface area contributed by atoms with E-state index in [0.29, 0.717) is 10.6 Å². The summed E-state index contributed by atoms with van der Waals surface area (Å²) in [5.41, 5.74) is 1.46. The Morgan fingerprint density at radius 3 is 2.33 bits per heavy atom. The first-order valence-electron chi connectivity index (χ1n) is 9.13. The number of aryl methyl sites for hydroxylation is 1. The van der Waals surface area contributed by atoms with Gasteiger partial charge in [-0.25, -0.2) is 8.42 Å². The van der Waals surface area contributed by atoms with Crippen LogP contribution in [0.2, 0.25) is 5.02 Å². The van der Waals surface area contributed by atoms with Gasteiger partial charge in [0.2, 0.25) is 9.84 Å². The highest BCUT2D eigenvalue weighted by atomic mass is 35.5. The Hall–Kier alpha value is -2.61. The summed E-state index contributed by atoms with van der Waals surface area (Å²) in [4.78, 5) is 14.9. The highest BCUT2D eigenvalue weighted by molar-refractivity contribution is 7.95. The van der Waals surface area contributed by atoms with E-state index in [1.165, 1.54) is 28.4 Å². The number of rotatable bonds is 5. The van der Waals surface area contributed by atoms with E-state index in [2.05, 4.69) is 0 Å². The molecule has 0 aliphatic carbocycles. The van der Waals surface area contributed by atoms with Gasteiger partial charge in [0, 0.05) is 9.90 Å². The second-order valence-electron chi connectivity index (χ2n) is 7.00. The fourth-order valence-electron chi connectivity index (χ4n) is 3.46. The molecule has 0 bridgehead atoms. The van der Waals surface area contributed by atoms with Gasteiger partial charge in [-0.05, 0) is 48.2 Å². The topological polar surface area (TPSA) is 74.7 Å². The highest BCUT2D eigenvalue weighted by Gasteiger charge is 2.46. The third kappa shape index (κ3) is 3.64. The molecule has 1 aliphatic rings. The van der Waals surface area contributed by atoms with Crippen LogP contribution >= 0.6 is 22.9 Å². The molecular formula is C22H18ClNO4S2. The van der Waals surface area contributed by atoms with Gasteiger partial charge >= 0.3 is 0 Å². The summed E-state index contributed by atoms with van der Waals surface area (Å²) in [7, 11) is -4.12. The number of carbonyl (C=O) groups is 1. The summed E-state index contributed by atoms with van der Waals surface area (Å²) >= 11 is 7.46. The summed E-state index contributed by atoms with van der Waals surface area (Å²) in [5, 5.41) is 13.1. The molecule has 0 saturated carbocycles. The molecule has 8 heteroatoms. The summed E-state index contributed by atoms with van der Waals surface area (Å²) in [5.74, 6) is -1.46. The minimum atomic E-state index is -4.12. The van der Waals surface area contributed by atoms with Gasteiger partial charge in [0.05, 0.1) is 17.5 Å². The zero-order chi connectivity index (χ0) is 21.5. The summed E-state index contributed by atoms with van der Waals surface area (Å²) in [6.45, 7) is 2.03. The van der Waals surface area contributed by atoms with Crippen LogP contribution in [0.15, 0.2) is 81.6 Å². The van der Waals surface area contributed by atoms with E-state index >= 15 is 0 Å². The maximum Gasteiger partial charge on any atom is 0.290 e. The number of hydrogen-bond acceptors (Lipinski definition) is 5.